The number of benzene rings is 2. The molecule has 0 saturated heterocycles. The number of Topliss-reactive ketones (excluding diaryl/α,β-unsaturated/α-hetero) is 1. The standard InChI is InChI=1S/C31H35Br3F3N3O4/c32-20-9-5-8-19(16-20)28(31(35,36)37)39-25(15-18-12-22(33)26(41)23(34)13-18)29(43)40-24(14-17-6-4-7-17)27(42)30(44)38-21-10-2-1-3-11-21/h5,8-9,12-13,16-17,21,24-25,28,39,41H,1-4,6-7,10-11,14-15H2,(H,38,44)(H,40,43)/t24-,25-,28-/m0/s1. The monoisotopic (exact) mass is 807 g/mol. The third-order valence-electron chi connectivity index (χ3n) is 8.30. The summed E-state index contributed by atoms with van der Waals surface area (Å²) in [7, 11) is 0. The molecule has 4 rings (SSSR count). The first-order chi connectivity index (χ1) is 20.8. The highest BCUT2D eigenvalue weighted by atomic mass is 79.9. The molecule has 0 bridgehead atoms. The molecule has 44 heavy (non-hydrogen) atoms. The van der Waals surface area contributed by atoms with Crippen LogP contribution in [0, 0.1) is 5.92 Å². The summed E-state index contributed by atoms with van der Waals surface area (Å²) >= 11 is 9.68. The van der Waals surface area contributed by atoms with E-state index in [0.29, 0.717) is 10.0 Å². The zero-order valence-corrected chi connectivity index (χ0v) is 28.6. The fourth-order valence-corrected chi connectivity index (χ4v) is 7.39. The Morgan fingerprint density at radius 3 is 2.14 bits per heavy atom. The number of aromatic hydroxyl groups is 1. The lowest BCUT2D eigenvalue weighted by Crippen LogP contribution is -2.56. The molecule has 3 atom stereocenters. The highest BCUT2D eigenvalue weighted by molar-refractivity contribution is 9.11. The lowest BCUT2D eigenvalue weighted by Gasteiger charge is -2.32. The van der Waals surface area contributed by atoms with Gasteiger partial charge in [-0.05, 0) is 98.9 Å². The van der Waals surface area contributed by atoms with Gasteiger partial charge in [-0.2, -0.15) is 13.2 Å². The summed E-state index contributed by atoms with van der Waals surface area (Å²) in [6.45, 7) is 0. The van der Waals surface area contributed by atoms with Gasteiger partial charge < -0.3 is 15.7 Å². The van der Waals surface area contributed by atoms with E-state index in [1.165, 1.54) is 30.3 Å². The summed E-state index contributed by atoms with van der Waals surface area (Å²) < 4.78 is 44.4. The van der Waals surface area contributed by atoms with Gasteiger partial charge in [0.15, 0.2) is 0 Å². The third kappa shape index (κ3) is 9.53. The minimum Gasteiger partial charge on any atom is -0.506 e. The maximum atomic E-state index is 14.5. The van der Waals surface area contributed by atoms with E-state index in [4.69, 9.17) is 0 Å². The quantitative estimate of drug-likeness (QED) is 0.170. The highest BCUT2D eigenvalue weighted by Gasteiger charge is 2.43. The normalized spacial score (nSPS) is 18.1. The Labute approximate surface area is 279 Å². The minimum absolute atomic E-state index is 0.0971. The van der Waals surface area contributed by atoms with Crippen molar-refractivity contribution in [1.29, 1.82) is 0 Å². The molecule has 0 aromatic heterocycles. The Balaban J connectivity index is 1.62. The van der Waals surface area contributed by atoms with Crippen molar-refractivity contribution in [2.75, 3.05) is 0 Å². The first kappa shape index (κ1) is 34.9. The second-order valence-electron chi connectivity index (χ2n) is 11.6. The van der Waals surface area contributed by atoms with Crippen LogP contribution >= 0.6 is 47.8 Å². The highest BCUT2D eigenvalue weighted by Crippen LogP contribution is 2.36. The van der Waals surface area contributed by atoms with Gasteiger partial charge in [0.25, 0.3) is 5.91 Å². The third-order valence-corrected chi connectivity index (χ3v) is 10.0. The summed E-state index contributed by atoms with van der Waals surface area (Å²) in [5.41, 5.74) is 0.341. The summed E-state index contributed by atoms with van der Waals surface area (Å²) in [4.78, 5) is 40.3. The molecule has 0 aliphatic heterocycles. The molecule has 0 unspecified atom stereocenters. The van der Waals surface area contributed by atoms with Crippen molar-refractivity contribution in [1.82, 2.24) is 16.0 Å². The maximum Gasteiger partial charge on any atom is 0.407 e. The SMILES string of the molecule is O=C(NC1CCCCC1)C(=O)[C@H](CC1CCC1)NC(=O)[C@H](Cc1cc(Br)c(O)c(Br)c1)N[C@@H](c1cccc(Br)c1)C(F)(F)F. The molecule has 2 aliphatic carbocycles. The second-order valence-corrected chi connectivity index (χ2v) is 14.3. The number of alkyl halides is 3. The molecular formula is C31H35Br3F3N3O4. The molecule has 0 spiro atoms. The predicted molar refractivity (Wildman–Crippen MR) is 171 cm³/mol. The Kier molecular flexibility index (Phi) is 12.3. The lowest BCUT2D eigenvalue weighted by molar-refractivity contribution is -0.161. The minimum atomic E-state index is -4.77. The van der Waals surface area contributed by atoms with Crippen molar-refractivity contribution in [3.63, 3.8) is 0 Å². The maximum absolute atomic E-state index is 14.5. The van der Waals surface area contributed by atoms with Crippen molar-refractivity contribution in [3.8, 4) is 5.75 Å². The van der Waals surface area contributed by atoms with E-state index in [1.54, 1.807) is 6.07 Å². The van der Waals surface area contributed by atoms with Crippen LogP contribution in [0.3, 0.4) is 0 Å². The van der Waals surface area contributed by atoms with Gasteiger partial charge in [0.05, 0.1) is 21.0 Å². The van der Waals surface area contributed by atoms with E-state index in [-0.39, 0.29) is 45.1 Å². The predicted octanol–water partition coefficient (Wildman–Crippen LogP) is 7.18. The summed E-state index contributed by atoms with van der Waals surface area (Å²) in [6, 6.07) is 3.79. The Morgan fingerprint density at radius 1 is 0.909 bits per heavy atom. The molecule has 0 heterocycles. The molecule has 7 nitrogen and oxygen atoms in total. The van der Waals surface area contributed by atoms with Gasteiger partial charge in [-0.15, -0.1) is 0 Å². The second kappa shape index (κ2) is 15.6. The van der Waals surface area contributed by atoms with Crippen LogP contribution < -0.4 is 16.0 Å². The zero-order valence-electron chi connectivity index (χ0n) is 23.9. The Hall–Kier alpha value is -1.96. The number of carbonyl (C=O) groups excluding carboxylic acids is 3. The van der Waals surface area contributed by atoms with E-state index in [0.717, 1.165) is 51.4 Å². The van der Waals surface area contributed by atoms with Gasteiger partial charge in [-0.3, -0.25) is 19.7 Å². The number of halogens is 6. The average Bonchev–Trinajstić information content (AvgIpc) is 2.94. The van der Waals surface area contributed by atoms with Gasteiger partial charge in [0, 0.05) is 10.5 Å². The number of ketones is 1. The van der Waals surface area contributed by atoms with Crippen LogP contribution in [0.15, 0.2) is 49.8 Å². The van der Waals surface area contributed by atoms with Crippen LogP contribution in [0.25, 0.3) is 0 Å². The molecule has 2 saturated carbocycles. The largest absolute Gasteiger partial charge is 0.506 e. The van der Waals surface area contributed by atoms with Crippen molar-refractivity contribution in [3.05, 3.63) is 60.9 Å². The molecule has 2 aliphatic rings. The van der Waals surface area contributed by atoms with E-state index in [9.17, 15) is 32.7 Å². The van der Waals surface area contributed by atoms with Crippen LogP contribution in [0.4, 0.5) is 13.2 Å². The first-order valence-corrected chi connectivity index (χ1v) is 17.1. The zero-order chi connectivity index (χ0) is 32.0. The van der Waals surface area contributed by atoms with Crippen molar-refractivity contribution in [2.45, 2.75) is 94.6 Å². The Bertz CT molecular complexity index is 1330. The average molecular weight is 810 g/mol. The van der Waals surface area contributed by atoms with E-state index >= 15 is 0 Å². The van der Waals surface area contributed by atoms with Gasteiger partial charge in [0.1, 0.15) is 11.8 Å². The summed E-state index contributed by atoms with van der Waals surface area (Å²) in [5.74, 6) is -2.37. The smallest absolute Gasteiger partial charge is 0.407 e. The molecule has 4 N–H and O–H groups in total. The van der Waals surface area contributed by atoms with E-state index in [1.807, 2.05) is 0 Å². The first-order valence-electron chi connectivity index (χ1n) is 14.7. The molecule has 2 aromatic rings. The van der Waals surface area contributed by atoms with Gasteiger partial charge in [-0.1, -0.05) is 66.6 Å². The molecule has 13 heteroatoms. The number of hydrogen-bond acceptors (Lipinski definition) is 5. The number of phenols is 1. The molecule has 2 amide bonds. The topological polar surface area (TPSA) is 108 Å². The van der Waals surface area contributed by atoms with Crippen molar-refractivity contribution < 1.29 is 32.7 Å². The number of amides is 2. The Morgan fingerprint density at radius 2 is 1.57 bits per heavy atom. The van der Waals surface area contributed by atoms with Crippen LogP contribution in [0.5, 0.6) is 5.75 Å². The van der Waals surface area contributed by atoms with Crippen molar-refractivity contribution in [2.24, 2.45) is 5.92 Å². The number of hydrogen-bond donors (Lipinski definition) is 4. The lowest BCUT2D eigenvalue weighted by atomic mass is 9.80. The van der Waals surface area contributed by atoms with Crippen LogP contribution in [-0.2, 0) is 20.8 Å². The summed E-state index contributed by atoms with van der Waals surface area (Å²) in [6.07, 6.45) is 2.46. The number of phenolic OH excluding ortho intramolecular Hbond substituents is 1. The fourth-order valence-electron chi connectivity index (χ4n) is 5.69. The molecule has 2 aromatic carbocycles. The molecule has 2 fully saturated rings. The van der Waals surface area contributed by atoms with Gasteiger partial charge in [-0.25, -0.2) is 0 Å². The van der Waals surface area contributed by atoms with E-state index in [2.05, 4.69) is 63.7 Å². The fraction of sp³-hybridized carbons (Fsp3) is 0.516. The molecule has 0 radical (unpaired) electrons. The molecule has 240 valence electrons. The van der Waals surface area contributed by atoms with Crippen LogP contribution in [-0.4, -0.2) is 47.0 Å². The number of carbonyl (C=O) groups is 3. The summed E-state index contributed by atoms with van der Waals surface area (Å²) in [5, 5.41) is 18.1. The van der Waals surface area contributed by atoms with Gasteiger partial charge in [0.2, 0.25) is 11.7 Å². The van der Waals surface area contributed by atoms with Crippen molar-refractivity contribution >= 4 is 65.4 Å². The van der Waals surface area contributed by atoms with Crippen LogP contribution in [0.1, 0.15) is 75.0 Å². The number of rotatable bonds is 12. The van der Waals surface area contributed by atoms with E-state index < -0.39 is 41.9 Å². The molecular weight excluding hydrogens is 775 g/mol. The number of nitrogens with one attached hydrogen (secondary N) is 3. The van der Waals surface area contributed by atoms with Crippen LogP contribution in [0.2, 0.25) is 0 Å². The van der Waals surface area contributed by atoms with Gasteiger partial charge >= 0.3 is 6.18 Å².